The van der Waals surface area contributed by atoms with Crippen LogP contribution in [0.4, 0.5) is 0 Å². The van der Waals surface area contributed by atoms with E-state index in [1.165, 1.54) is 12.8 Å². The van der Waals surface area contributed by atoms with Gasteiger partial charge in [0, 0.05) is 6.04 Å². The van der Waals surface area contributed by atoms with Gasteiger partial charge in [-0.3, -0.25) is 0 Å². The van der Waals surface area contributed by atoms with E-state index in [-0.39, 0.29) is 6.04 Å². The number of aldehydes is 1. The second-order valence-electron chi connectivity index (χ2n) is 2.69. The molecule has 1 saturated heterocycles. The third-order valence-electron chi connectivity index (χ3n) is 1.94. The average Bonchev–Trinajstić information content (AvgIpc) is 2.62. The molecule has 2 atom stereocenters. The molecule has 0 aromatic carbocycles. The monoisotopic (exact) mass is 111 g/mol. The van der Waals surface area contributed by atoms with Crippen molar-refractivity contribution in [1.82, 2.24) is 5.32 Å². The van der Waals surface area contributed by atoms with Crippen molar-refractivity contribution in [2.75, 3.05) is 0 Å². The first-order valence-electron chi connectivity index (χ1n) is 3.13. The Hall–Kier alpha value is -0.370. The summed E-state index contributed by atoms with van der Waals surface area (Å²) < 4.78 is 0. The molecule has 0 amide bonds. The molecule has 0 unspecified atom stereocenters. The lowest BCUT2D eigenvalue weighted by atomic mass is 10.2. The van der Waals surface area contributed by atoms with Crippen LogP contribution in [0.5, 0.6) is 0 Å². The number of rotatable bonds is 2. The van der Waals surface area contributed by atoms with Crippen LogP contribution in [0.15, 0.2) is 0 Å². The molecule has 0 spiro atoms. The Morgan fingerprint density at radius 3 is 2.62 bits per heavy atom. The average molecular weight is 111 g/mol. The van der Waals surface area contributed by atoms with Gasteiger partial charge in [-0.05, 0) is 18.8 Å². The van der Waals surface area contributed by atoms with Crippen LogP contribution in [0.2, 0.25) is 0 Å². The Labute approximate surface area is 48.3 Å². The number of hydrogen-bond donors (Lipinski definition) is 1. The van der Waals surface area contributed by atoms with Gasteiger partial charge < -0.3 is 10.1 Å². The van der Waals surface area contributed by atoms with Crippen LogP contribution < -0.4 is 5.32 Å². The summed E-state index contributed by atoms with van der Waals surface area (Å²) in [6, 6.07) is 0.801. The maximum absolute atomic E-state index is 10.0. The van der Waals surface area contributed by atoms with Gasteiger partial charge in [-0.1, -0.05) is 0 Å². The van der Waals surface area contributed by atoms with Crippen LogP contribution >= 0.6 is 0 Å². The first kappa shape index (κ1) is 4.50. The van der Waals surface area contributed by atoms with Crippen molar-refractivity contribution >= 4 is 6.29 Å². The summed E-state index contributed by atoms with van der Waals surface area (Å²) in [5.41, 5.74) is 0. The van der Waals surface area contributed by atoms with Gasteiger partial charge in [0.05, 0.1) is 6.04 Å². The molecule has 0 aromatic rings. The van der Waals surface area contributed by atoms with Gasteiger partial charge in [-0.15, -0.1) is 0 Å². The van der Waals surface area contributed by atoms with Crippen molar-refractivity contribution in [2.45, 2.75) is 24.9 Å². The number of carbonyl (C=O) groups is 1. The Morgan fingerprint density at radius 2 is 2.25 bits per heavy atom. The number of hydrogen-bond acceptors (Lipinski definition) is 2. The molecule has 1 saturated carbocycles. The Balaban J connectivity index is 1.86. The van der Waals surface area contributed by atoms with Crippen LogP contribution in [0, 0.1) is 5.92 Å². The van der Waals surface area contributed by atoms with Crippen LogP contribution in [-0.4, -0.2) is 18.4 Å². The fourth-order valence-electron chi connectivity index (χ4n) is 1.18. The minimum Gasteiger partial charge on any atom is -0.302 e. The molecule has 2 nitrogen and oxygen atoms in total. The van der Waals surface area contributed by atoms with Gasteiger partial charge in [0.1, 0.15) is 6.29 Å². The van der Waals surface area contributed by atoms with Gasteiger partial charge in [0.25, 0.3) is 0 Å². The summed E-state index contributed by atoms with van der Waals surface area (Å²) in [4.78, 5) is 10.0. The maximum Gasteiger partial charge on any atom is 0.138 e. The lowest BCUT2D eigenvalue weighted by Crippen LogP contribution is -1.95. The van der Waals surface area contributed by atoms with Crippen LogP contribution in [0.1, 0.15) is 12.8 Å². The van der Waals surface area contributed by atoms with Gasteiger partial charge in [-0.2, -0.15) is 0 Å². The maximum atomic E-state index is 10.0. The highest BCUT2D eigenvalue weighted by Gasteiger charge is 2.46. The van der Waals surface area contributed by atoms with E-state index in [0.717, 1.165) is 12.2 Å². The first-order valence-corrected chi connectivity index (χ1v) is 3.13. The Bertz CT molecular complexity index is 120. The van der Waals surface area contributed by atoms with Crippen molar-refractivity contribution in [3.8, 4) is 0 Å². The summed E-state index contributed by atoms with van der Waals surface area (Å²) in [5, 5.41) is 3.11. The molecule has 44 valence electrons. The number of nitrogens with one attached hydrogen (secondary N) is 1. The molecular weight excluding hydrogens is 102 g/mol. The highest BCUT2D eigenvalue weighted by Crippen LogP contribution is 2.38. The quantitative estimate of drug-likeness (QED) is 0.400. The van der Waals surface area contributed by atoms with E-state index in [9.17, 15) is 4.79 Å². The van der Waals surface area contributed by atoms with Gasteiger partial charge in [0.2, 0.25) is 0 Å². The lowest BCUT2D eigenvalue weighted by Gasteiger charge is -1.79. The molecule has 2 aliphatic rings. The van der Waals surface area contributed by atoms with E-state index in [1.54, 1.807) is 0 Å². The normalized spacial score (nSPS) is 44.0. The van der Waals surface area contributed by atoms with Gasteiger partial charge in [0.15, 0.2) is 0 Å². The molecule has 8 heavy (non-hydrogen) atoms. The zero-order valence-corrected chi connectivity index (χ0v) is 4.63. The fraction of sp³-hybridized carbons (Fsp3) is 0.833. The van der Waals surface area contributed by atoms with Crippen molar-refractivity contribution < 1.29 is 4.79 Å². The summed E-state index contributed by atoms with van der Waals surface area (Å²) in [7, 11) is 0. The third-order valence-corrected chi connectivity index (χ3v) is 1.94. The largest absolute Gasteiger partial charge is 0.302 e. The molecule has 2 heteroatoms. The van der Waals surface area contributed by atoms with Crippen LogP contribution in [0.25, 0.3) is 0 Å². The van der Waals surface area contributed by atoms with E-state index in [4.69, 9.17) is 0 Å². The van der Waals surface area contributed by atoms with E-state index < -0.39 is 0 Å². The summed E-state index contributed by atoms with van der Waals surface area (Å²) in [5.74, 6) is 0.852. The zero-order valence-electron chi connectivity index (χ0n) is 4.63. The molecule has 2 rings (SSSR count). The van der Waals surface area contributed by atoms with Crippen LogP contribution in [-0.2, 0) is 4.79 Å². The third kappa shape index (κ3) is 0.564. The molecule has 1 heterocycles. The second-order valence-corrected chi connectivity index (χ2v) is 2.69. The number of carbonyl (C=O) groups excluding carboxylic acids is 1. The lowest BCUT2D eigenvalue weighted by molar-refractivity contribution is -0.107. The van der Waals surface area contributed by atoms with Crippen molar-refractivity contribution in [1.29, 1.82) is 0 Å². The fourth-order valence-corrected chi connectivity index (χ4v) is 1.18. The molecule has 1 aliphatic carbocycles. The first-order chi connectivity index (χ1) is 3.92. The van der Waals surface area contributed by atoms with E-state index in [2.05, 4.69) is 5.32 Å². The van der Waals surface area contributed by atoms with Gasteiger partial charge >= 0.3 is 0 Å². The predicted molar refractivity (Wildman–Crippen MR) is 29.5 cm³/mol. The molecule has 0 bridgehead atoms. The smallest absolute Gasteiger partial charge is 0.138 e. The van der Waals surface area contributed by atoms with E-state index in [1.807, 2.05) is 0 Å². The van der Waals surface area contributed by atoms with E-state index in [0.29, 0.717) is 6.04 Å². The highest BCUT2D eigenvalue weighted by atomic mass is 16.1. The minimum atomic E-state index is 0.225. The predicted octanol–water partition coefficient (Wildman–Crippen LogP) is -0.0643. The highest BCUT2D eigenvalue weighted by molar-refractivity contribution is 5.64. The second kappa shape index (κ2) is 1.32. The summed E-state index contributed by atoms with van der Waals surface area (Å²) in [6.45, 7) is 0. The molecule has 2 fully saturated rings. The molecule has 0 radical (unpaired) electrons. The topological polar surface area (TPSA) is 39.0 Å². The minimum absolute atomic E-state index is 0.225. The Morgan fingerprint density at radius 1 is 1.50 bits per heavy atom. The zero-order chi connectivity index (χ0) is 5.56. The Kier molecular flexibility index (Phi) is 0.742. The van der Waals surface area contributed by atoms with E-state index >= 15 is 0 Å². The molecular formula is C6H9NO. The van der Waals surface area contributed by atoms with Gasteiger partial charge in [-0.25, -0.2) is 0 Å². The van der Waals surface area contributed by atoms with Crippen molar-refractivity contribution in [3.05, 3.63) is 0 Å². The summed E-state index contributed by atoms with van der Waals surface area (Å²) >= 11 is 0. The summed E-state index contributed by atoms with van der Waals surface area (Å²) in [6.07, 6.45) is 3.69. The molecule has 1 aliphatic heterocycles. The standard InChI is InChI=1S/C6H9NO/c8-3-5-6(7-5)4-1-2-4/h3-7H,1-2H2/t5-,6-/m1/s1. The van der Waals surface area contributed by atoms with Crippen LogP contribution in [0.3, 0.4) is 0 Å². The molecule has 1 N–H and O–H groups in total. The SMILES string of the molecule is O=C[C@H]1N[C@@H]1C1CC1. The van der Waals surface area contributed by atoms with Crippen molar-refractivity contribution in [2.24, 2.45) is 5.92 Å². The molecule has 0 aromatic heterocycles. The van der Waals surface area contributed by atoms with Crippen molar-refractivity contribution in [3.63, 3.8) is 0 Å².